The zero-order chi connectivity index (χ0) is 13.8. The highest BCUT2D eigenvalue weighted by Crippen LogP contribution is 2.26. The van der Waals surface area contributed by atoms with Crippen LogP contribution in [0.2, 0.25) is 5.02 Å². The molecule has 0 fully saturated rings. The normalized spacial score (nSPS) is 10.5. The van der Waals surface area contributed by atoms with E-state index in [1.165, 1.54) is 0 Å². The molecule has 100 valence electrons. The lowest BCUT2D eigenvalue weighted by atomic mass is 10.0. The predicted octanol–water partition coefficient (Wildman–Crippen LogP) is 4.24. The van der Waals surface area contributed by atoms with E-state index < -0.39 is 0 Å². The molecule has 0 saturated heterocycles. The molecule has 0 atom stereocenters. The van der Waals surface area contributed by atoms with Crippen LogP contribution in [0.3, 0.4) is 0 Å². The van der Waals surface area contributed by atoms with E-state index in [0.29, 0.717) is 0 Å². The van der Waals surface area contributed by atoms with Crippen LogP contribution < -0.4 is 5.32 Å². The molecule has 0 spiro atoms. The van der Waals surface area contributed by atoms with Gasteiger partial charge in [-0.1, -0.05) is 30.7 Å². The van der Waals surface area contributed by atoms with E-state index >= 15 is 0 Å². The third kappa shape index (κ3) is 3.04. The van der Waals surface area contributed by atoms with Crippen LogP contribution in [0.1, 0.15) is 24.5 Å². The molecule has 1 aromatic heterocycles. The van der Waals surface area contributed by atoms with Crippen LogP contribution in [0, 0.1) is 13.8 Å². The second-order valence-corrected chi connectivity index (χ2v) is 5.02. The minimum Gasteiger partial charge on any atom is -0.368 e. The monoisotopic (exact) mass is 275 g/mol. The molecular formula is C15H18ClN3. The summed E-state index contributed by atoms with van der Waals surface area (Å²) in [6.45, 7) is 7.19. The van der Waals surface area contributed by atoms with Crippen LogP contribution in [0.5, 0.6) is 0 Å². The van der Waals surface area contributed by atoms with E-state index in [9.17, 15) is 0 Å². The van der Waals surface area contributed by atoms with Crippen molar-refractivity contribution in [2.24, 2.45) is 0 Å². The third-order valence-electron chi connectivity index (χ3n) is 3.18. The fraction of sp³-hybridized carbons (Fsp3) is 0.333. The molecule has 1 aromatic carbocycles. The zero-order valence-electron chi connectivity index (χ0n) is 11.5. The lowest BCUT2D eigenvalue weighted by Crippen LogP contribution is -2.07. The number of nitrogens with zero attached hydrogens (tertiary/aromatic N) is 2. The Kier molecular flexibility index (Phi) is 4.38. The van der Waals surface area contributed by atoms with Gasteiger partial charge < -0.3 is 5.32 Å². The first-order valence-electron chi connectivity index (χ1n) is 6.47. The Balaban J connectivity index is 2.38. The van der Waals surface area contributed by atoms with Crippen LogP contribution in [0.4, 0.5) is 5.82 Å². The maximum atomic E-state index is 5.91. The number of hydrogen-bond donors (Lipinski definition) is 1. The van der Waals surface area contributed by atoms with E-state index in [-0.39, 0.29) is 0 Å². The molecule has 1 N–H and O–H groups in total. The Hall–Kier alpha value is -1.61. The highest BCUT2D eigenvalue weighted by Gasteiger charge is 2.10. The molecule has 0 bridgehead atoms. The molecule has 0 aliphatic carbocycles. The summed E-state index contributed by atoms with van der Waals surface area (Å²) in [4.78, 5) is 0. The van der Waals surface area contributed by atoms with Gasteiger partial charge in [0.15, 0.2) is 5.82 Å². The van der Waals surface area contributed by atoms with Gasteiger partial charge in [-0.3, -0.25) is 0 Å². The van der Waals surface area contributed by atoms with Crippen molar-refractivity contribution >= 4 is 17.4 Å². The second-order valence-electron chi connectivity index (χ2n) is 4.58. The Morgan fingerprint density at radius 2 is 1.74 bits per heavy atom. The first-order chi connectivity index (χ1) is 9.13. The summed E-state index contributed by atoms with van der Waals surface area (Å²) >= 11 is 5.91. The van der Waals surface area contributed by atoms with Gasteiger partial charge in [-0.2, -0.15) is 0 Å². The van der Waals surface area contributed by atoms with Crippen molar-refractivity contribution in [2.75, 3.05) is 11.9 Å². The van der Waals surface area contributed by atoms with Gasteiger partial charge in [0, 0.05) is 17.1 Å². The molecular weight excluding hydrogens is 258 g/mol. The molecule has 2 rings (SSSR count). The SMILES string of the molecule is CCCNc1nnc(-c2ccc(Cl)cc2)c(C)c1C. The fourth-order valence-electron chi connectivity index (χ4n) is 1.90. The van der Waals surface area contributed by atoms with E-state index in [1.807, 2.05) is 24.3 Å². The van der Waals surface area contributed by atoms with Crippen molar-refractivity contribution in [1.82, 2.24) is 10.2 Å². The lowest BCUT2D eigenvalue weighted by molar-refractivity contribution is 0.933. The minimum atomic E-state index is 0.729. The van der Waals surface area contributed by atoms with Gasteiger partial charge in [0.05, 0.1) is 5.69 Å². The Labute approximate surface area is 119 Å². The summed E-state index contributed by atoms with van der Waals surface area (Å²) in [5, 5.41) is 12.6. The van der Waals surface area contributed by atoms with E-state index in [1.54, 1.807) is 0 Å². The molecule has 2 aromatic rings. The highest BCUT2D eigenvalue weighted by atomic mass is 35.5. The Bertz CT molecular complexity index is 564. The second kappa shape index (κ2) is 6.02. The van der Waals surface area contributed by atoms with Crippen molar-refractivity contribution in [1.29, 1.82) is 0 Å². The van der Waals surface area contributed by atoms with Crippen molar-refractivity contribution < 1.29 is 0 Å². The van der Waals surface area contributed by atoms with Crippen molar-refractivity contribution in [3.8, 4) is 11.3 Å². The average molecular weight is 276 g/mol. The smallest absolute Gasteiger partial charge is 0.151 e. The molecule has 3 nitrogen and oxygen atoms in total. The Morgan fingerprint density at radius 1 is 1.05 bits per heavy atom. The van der Waals surface area contributed by atoms with Gasteiger partial charge in [0.25, 0.3) is 0 Å². The van der Waals surface area contributed by atoms with Gasteiger partial charge in [-0.25, -0.2) is 0 Å². The van der Waals surface area contributed by atoms with E-state index in [2.05, 4.69) is 36.3 Å². The topological polar surface area (TPSA) is 37.8 Å². The maximum absolute atomic E-state index is 5.91. The van der Waals surface area contributed by atoms with Crippen LogP contribution in [0.25, 0.3) is 11.3 Å². The van der Waals surface area contributed by atoms with Gasteiger partial charge in [-0.15, -0.1) is 10.2 Å². The summed E-state index contributed by atoms with van der Waals surface area (Å²) in [5.41, 5.74) is 4.25. The number of halogens is 1. The molecule has 0 aliphatic rings. The van der Waals surface area contributed by atoms with Gasteiger partial charge in [-0.05, 0) is 43.5 Å². The quantitative estimate of drug-likeness (QED) is 0.907. The molecule has 0 unspecified atom stereocenters. The summed E-state index contributed by atoms with van der Waals surface area (Å²) in [6, 6.07) is 7.68. The highest BCUT2D eigenvalue weighted by molar-refractivity contribution is 6.30. The Morgan fingerprint density at radius 3 is 2.37 bits per heavy atom. The fourth-order valence-corrected chi connectivity index (χ4v) is 2.02. The molecule has 0 aliphatic heterocycles. The van der Waals surface area contributed by atoms with Gasteiger partial charge >= 0.3 is 0 Å². The molecule has 0 radical (unpaired) electrons. The molecule has 19 heavy (non-hydrogen) atoms. The van der Waals surface area contributed by atoms with Crippen LogP contribution in [-0.2, 0) is 0 Å². The van der Waals surface area contributed by atoms with E-state index in [4.69, 9.17) is 11.6 Å². The van der Waals surface area contributed by atoms with Crippen LogP contribution in [-0.4, -0.2) is 16.7 Å². The number of aromatic nitrogens is 2. The van der Waals surface area contributed by atoms with Crippen LogP contribution in [0.15, 0.2) is 24.3 Å². The van der Waals surface area contributed by atoms with Crippen molar-refractivity contribution in [2.45, 2.75) is 27.2 Å². The number of benzene rings is 1. The lowest BCUT2D eigenvalue weighted by Gasteiger charge is -2.12. The van der Waals surface area contributed by atoms with Crippen LogP contribution >= 0.6 is 11.6 Å². The van der Waals surface area contributed by atoms with E-state index in [0.717, 1.165) is 46.2 Å². The molecule has 1 heterocycles. The minimum absolute atomic E-state index is 0.729. The summed E-state index contributed by atoms with van der Waals surface area (Å²) in [6.07, 6.45) is 1.07. The predicted molar refractivity (Wildman–Crippen MR) is 80.7 cm³/mol. The largest absolute Gasteiger partial charge is 0.368 e. The summed E-state index contributed by atoms with van der Waals surface area (Å²) in [5.74, 6) is 0.872. The first kappa shape index (κ1) is 13.8. The zero-order valence-corrected chi connectivity index (χ0v) is 12.3. The first-order valence-corrected chi connectivity index (χ1v) is 6.85. The third-order valence-corrected chi connectivity index (χ3v) is 3.43. The summed E-state index contributed by atoms with van der Waals surface area (Å²) < 4.78 is 0. The molecule has 0 amide bonds. The average Bonchev–Trinajstić information content (AvgIpc) is 2.42. The standard InChI is InChI=1S/C15H18ClN3/c1-4-9-17-15-11(3)10(2)14(18-19-15)12-5-7-13(16)8-6-12/h5-8H,4,9H2,1-3H3,(H,17,19). The van der Waals surface area contributed by atoms with Gasteiger partial charge in [0.2, 0.25) is 0 Å². The number of hydrogen-bond acceptors (Lipinski definition) is 3. The maximum Gasteiger partial charge on any atom is 0.151 e. The summed E-state index contributed by atoms with van der Waals surface area (Å²) in [7, 11) is 0. The molecule has 0 saturated carbocycles. The number of nitrogens with one attached hydrogen (secondary N) is 1. The van der Waals surface area contributed by atoms with Gasteiger partial charge in [0.1, 0.15) is 0 Å². The molecule has 4 heteroatoms. The van der Waals surface area contributed by atoms with Crippen molar-refractivity contribution in [3.63, 3.8) is 0 Å². The van der Waals surface area contributed by atoms with Crippen molar-refractivity contribution in [3.05, 3.63) is 40.4 Å². The number of anilines is 1. The number of rotatable bonds is 4.